The van der Waals surface area contributed by atoms with Gasteiger partial charge >= 0.3 is 0 Å². The monoisotopic (exact) mass is 196 g/mol. The highest BCUT2D eigenvalue weighted by atomic mass is 19.1. The fraction of sp³-hybridized carbons (Fsp3) is 0.364. The van der Waals surface area contributed by atoms with Crippen molar-refractivity contribution in [2.24, 2.45) is 0 Å². The average molecular weight is 196 g/mol. The smallest absolute Gasteiger partial charge is 0.133 e. The van der Waals surface area contributed by atoms with Crippen molar-refractivity contribution in [3.8, 4) is 0 Å². The lowest BCUT2D eigenvalue weighted by atomic mass is 9.97. The third-order valence-corrected chi connectivity index (χ3v) is 2.65. The van der Waals surface area contributed by atoms with Gasteiger partial charge in [0.2, 0.25) is 0 Å². The number of rotatable bonds is 1. The molecule has 0 bridgehead atoms. The summed E-state index contributed by atoms with van der Waals surface area (Å²) in [4.78, 5) is 11.0. The van der Waals surface area contributed by atoms with Gasteiger partial charge in [-0.05, 0) is 24.0 Å². The zero-order valence-electron chi connectivity index (χ0n) is 7.59. The van der Waals surface area contributed by atoms with E-state index in [4.69, 9.17) is 0 Å². The molecule has 0 N–H and O–H groups in total. The molecule has 1 fully saturated rings. The minimum atomic E-state index is -0.574. The van der Waals surface area contributed by atoms with E-state index in [1.807, 2.05) is 0 Å². The van der Waals surface area contributed by atoms with Crippen molar-refractivity contribution in [3.63, 3.8) is 0 Å². The Bertz CT molecular complexity index is 374. The van der Waals surface area contributed by atoms with Gasteiger partial charge in [0, 0.05) is 18.9 Å². The minimum Gasteiger partial charge on any atom is -0.300 e. The van der Waals surface area contributed by atoms with Crippen molar-refractivity contribution in [3.05, 3.63) is 35.4 Å². The Hall–Kier alpha value is -1.25. The molecule has 1 saturated carbocycles. The molecule has 0 radical (unpaired) electrons. The number of Topliss-reactive ketones (excluding diaryl/α,β-unsaturated/α-hetero) is 1. The van der Waals surface area contributed by atoms with E-state index < -0.39 is 11.6 Å². The lowest BCUT2D eigenvalue weighted by molar-refractivity contribution is -0.117. The predicted octanol–water partition coefficient (Wildman–Crippen LogP) is 2.80. The van der Waals surface area contributed by atoms with E-state index in [1.54, 1.807) is 0 Å². The van der Waals surface area contributed by atoms with Crippen molar-refractivity contribution in [2.75, 3.05) is 0 Å². The summed E-state index contributed by atoms with van der Waals surface area (Å²) in [7, 11) is 0. The van der Waals surface area contributed by atoms with Crippen LogP contribution in [0.15, 0.2) is 18.2 Å². The molecule has 0 spiro atoms. The van der Waals surface area contributed by atoms with Crippen LogP contribution in [0.4, 0.5) is 8.78 Å². The number of carbonyl (C=O) groups is 1. The van der Waals surface area contributed by atoms with Crippen LogP contribution in [0.5, 0.6) is 0 Å². The van der Waals surface area contributed by atoms with Gasteiger partial charge in [-0.15, -0.1) is 0 Å². The number of ketones is 1. The van der Waals surface area contributed by atoms with Gasteiger partial charge in [0.15, 0.2) is 0 Å². The molecule has 0 aromatic heterocycles. The summed E-state index contributed by atoms with van der Waals surface area (Å²) in [5, 5.41) is 0. The fourth-order valence-corrected chi connectivity index (χ4v) is 1.91. The Kier molecular flexibility index (Phi) is 2.32. The van der Waals surface area contributed by atoms with E-state index in [2.05, 4.69) is 0 Å². The highest BCUT2D eigenvalue weighted by Crippen LogP contribution is 2.33. The van der Waals surface area contributed by atoms with Crippen molar-refractivity contribution in [1.29, 1.82) is 0 Å². The second-order valence-corrected chi connectivity index (χ2v) is 3.64. The molecule has 0 saturated heterocycles. The molecule has 1 aliphatic rings. The van der Waals surface area contributed by atoms with Crippen molar-refractivity contribution in [1.82, 2.24) is 0 Å². The molecule has 1 atom stereocenters. The van der Waals surface area contributed by atoms with Crippen LogP contribution in [0, 0.1) is 11.6 Å². The molecule has 0 aliphatic heterocycles. The Balaban J connectivity index is 2.28. The first-order valence-corrected chi connectivity index (χ1v) is 4.63. The van der Waals surface area contributed by atoms with Crippen LogP contribution in [0.3, 0.4) is 0 Å². The van der Waals surface area contributed by atoms with E-state index in [1.165, 1.54) is 12.1 Å². The summed E-state index contributed by atoms with van der Waals surface area (Å²) in [6.45, 7) is 0. The summed E-state index contributed by atoms with van der Waals surface area (Å²) in [6.07, 6.45) is 1.59. The lowest BCUT2D eigenvalue weighted by Gasteiger charge is -2.09. The second-order valence-electron chi connectivity index (χ2n) is 3.64. The van der Waals surface area contributed by atoms with E-state index in [0.717, 1.165) is 6.07 Å². The van der Waals surface area contributed by atoms with Crippen LogP contribution in [-0.4, -0.2) is 5.78 Å². The molecular formula is C11H10F2O. The van der Waals surface area contributed by atoms with Gasteiger partial charge in [-0.2, -0.15) is 0 Å². The molecule has 0 heterocycles. The molecule has 2 rings (SSSR count). The van der Waals surface area contributed by atoms with Crippen LogP contribution in [-0.2, 0) is 4.79 Å². The van der Waals surface area contributed by atoms with Gasteiger partial charge in [0.1, 0.15) is 17.4 Å². The third-order valence-electron chi connectivity index (χ3n) is 2.65. The molecular weight excluding hydrogens is 186 g/mol. The highest BCUT2D eigenvalue weighted by molar-refractivity contribution is 5.81. The van der Waals surface area contributed by atoms with Crippen LogP contribution < -0.4 is 0 Å². The molecule has 3 heteroatoms. The molecule has 1 aromatic carbocycles. The van der Waals surface area contributed by atoms with E-state index >= 15 is 0 Å². The summed E-state index contributed by atoms with van der Waals surface area (Å²) < 4.78 is 25.9. The summed E-state index contributed by atoms with van der Waals surface area (Å²) in [5.74, 6) is -0.998. The second kappa shape index (κ2) is 3.48. The first-order chi connectivity index (χ1) is 6.66. The largest absolute Gasteiger partial charge is 0.300 e. The summed E-state index contributed by atoms with van der Waals surface area (Å²) in [6, 6.07) is 3.55. The van der Waals surface area contributed by atoms with E-state index in [9.17, 15) is 13.6 Å². The van der Waals surface area contributed by atoms with Gasteiger partial charge in [-0.1, -0.05) is 6.07 Å². The lowest BCUT2D eigenvalue weighted by Crippen LogP contribution is -1.98. The van der Waals surface area contributed by atoms with E-state index in [-0.39, 0.29) is 11.7 Å². The van der Waals surface area contributed by atoms with Gasteiger partial charge in [0.05, 0.1) is 0 Å². The van der Waals surface area contributed by atoms with Crippen molar-refractivity contribution >= 4 is 5.78 Å². The van der Waals surface area contributed by atoms with Crippen molar-refractivity contribution < 1.29 is 13.6 Å². The Morgan fingerprint density at radius 1 is 1.29 bits per heavy atom. The highest BCUT2D eigenvalue weighted by Gasteiger charge is 2.25. The van der Waals surface area contributed by atoms with Crippen molar-refractivity contribution in [2.45, 2.75) is 25.2 Å². The summed E-state index contributed by atoms with van der Waals surface area (Å²) in [5.41, 5.74) is 0.470. The van der Waals surface area contributed by atoms with Gasteiger partial charge < -0.3 is 0 Å². The number of benzene rings is 1. The van der Waals surface area contributed by atoms with Crippen LogP contribution in [0.1, 0.15) is 30.7 Å². The maximum atomic E-state index is 13.3. The van der Waals surface area contributed by atoms with Gasteiger partial charge in [-0.3, -0.25) is 4.79 Å². The normalized spacial score (nSPS) is 21.6. The first kappa shape index (κ1) is 9.31. The standard InChI is InChI=1S/C11H10F2O/c12-8-2-4-10(11(13)6-8)7-1-3-9(14)5-7/h2,4,6-7H,1,3,5H2/t7-/m0/s1. The van der Waals surface area contributed by atoms with Crippen LogP contribution >= 0.6 is 0 Å². The zero-order valence-corrected chi connectivity index (χ0v) is 7.59. The molecule has 1 nitrogen and oxygen atoms in total. The molecule has 14 heavy (non-hydrogen) atoms. The fourth-order valence-electron chi connectivity index (χ4n) is 1.91. The maximum absolute atomic E-state index is 13.3. The topological polar surface area (TPSA) is 17.1 Å². The third kappa shape index (κ3) is 1.67. The molecule has 1 aromatic rings. The Morgan fingerprint density at radius 2 is 2.07 bits per heavy atom. The van der Waals surface area contributed by atoms with Crippen LogP contribution in [0.2, 0.25) is 0 Å². The molecule has 0 unspecified atom stereocenters. The molecule has 1 aliphatic carbocycles. The number of carbonyl (C=O) groups excluding carboxylic acids is 1. The minimum absolute atomic E-state index is 0.0527. The maximum Gasteiger partial charge on any atom is 0.133 e. The van der Waals surface area contributed by atoms with E-state index in [0.29, 0.717) is 24.8 Å². The zero-order chi connectivity index (χ0) is 10.1. The number of hydrogen-bond donors (Lipinski definition) is 0. The van der Waals surface area contributed by atoms with Gasteiger partial charge in [-0.25, -0.2) is 8.78 Å². The molecule has 0 amide bonds. The first-order valence-electron chi connectivity index (χ1n) is 4.63. The number of halogens is 2. The summed E-state index contributed by atoms with van der Waals surface area (Å²) >= 11 is 0. The number of hydrogen-bond acceptors (Lipinski definition) is 1. The van der Waals surface area contributed by atoms with Crippen LogP contribution in [0.25, 0.3) is 0 Å². The average Bonchev–Trinajstić information content (AvgIpc) is 2.51. The Morgan fingerprint density at radius 3 is 2.64 bits per heavy atom. The quantitative estimate of drug-likeness (QED) is 0.675. The Labute approximate surface area is 80.7 Å². The SMILES string of the molecule is O=C1CC[C@H](c2ccc(F)cc2F)C1. The predicted molar refractivity (Wildman–Crippen MR) is 48.0 cm³/mol. The molecule has 74 valence electrons. The van der Waals surface area contributed by atoms with Gasteiger partial charge in [0.25, 0.3) is 0 Å².